The number of rotatable bonds is 16. The summed E-state index contributed by atoms with van der Waals surface area (Å²) in [6, 6.07) is 16.1. The lowest BCUT2D eigenvalue weighted by Crippen LogP contribution is -2.48. The Bertz CT molecular complexity index is 1510. The predicted octanol–water partition coefficient (Wildman–Crippen LogP) is 5.31. The normalized spacial score (nSPS) is 12.5. The van der Waals surface area contributed by atoms with Crippen molar-refractivity contribution < 1.29 is 32.7 Å². The lowest BCUT2D eigenvalue weighted by atomic mass is 9.99. The number of amides is 2. The van der Waals surface area contributed by atoms with Crippen LogP contribution in [-0.4, -0.2) is 58.6 Å². The van der Waals surface area contributed by atoms with Crippen molar-refractivity contribution in [2.75, 3.05) is 19.6 Å². The van der Waals surface area contributed by atoms with Gasteiger partial charge in [0.2, 0.25) is 5.89 Å². The molecule has 0 spiro atoms. The van der Waals surface area contributed by atoms with Crippen molar-refractivity contribution in [3.8, 4) is 11.5 Å². The van der Waals surface area contributed by atoms with Gasteiger partial charge in [-0.25, -0.2) is 13.8 Å². The molecule has 0 aliphatic carbocycles. The van der Waals surface area contributed by atoms with Crippen molar-refractivity contribution in [2.24, 2.45) is 0 Å². The summed E-state index contributed by atoms with van der Waals surface area (Å²) in [7, 11) is 0. The minimum atomic E-state index is -1.23. The molecule has 0 fully saturated rings. The van der Waals surface area contributed by atoms with Crippen molar-refractivity contribution in [3.05, 3.63) is 113 Å². The Balaban J connectivity index is 1.58. The maximum atomic E-state index is 14.0. The number of aliphatic hydroxyl groups excluding tert-OH is 1. The average Bonchev–Trinajstić information content (AvgIpc) is 3.57. The zero-order chi connectivity index (χ0) is 32.2. The van der Waals surface area contributed by atoms with Crippen LogP contribution in [0.3, 0.4) is 0 Å². The second-order valence-corrected chi connectivity index (χ2v) is 10.7. The Kier molecular flexibility index (Phi) is 12.3. The fourth-order valence-corrected chi connectivity index (χ4v) is 4.92. The SMILES string of the molecule is CCCN(CCC)C(=O)c1cc(C(=O)N[C@@H](Cc2cc(F)cc(F)c2)[C@H](O)CNOCc2ccccc2)cc(-c2ncco2)c1. The molecule has 238 valence electrons. The van der Waals surface area contributed by atoms with E-state index in [1.807, 2.05) is 44.2 Å². The van der Waals surface area contributed by atoms with Crippen LogP contribution in [0.2, 0.25) is 0 Å². The topological polar surface area (TPSA) is 117 Å². The monoisotopic (exact) mass is 620 g/mol. The molecule has 9 nitrogen and oxygen atoms in total. The summed E-state index contributed by atoms with van der Waals surface area (Å²) < 4.78 is 33.5. The molecule has 4 aromatic rings. The van der Waals surface area contributed by atoms with Gasteiger partial charge in [0.15, 0.2) is 0 Å². The van der Waals surface area contributed by atoms with Gasteiger partial charge < -0.3 is 19.7 Å². The van der Waals surface area contributed by atoms with Gasteiger partial charge in [-0.15, -0.1) is 0 Å². The largest absolute Gasteiger partial charge is 0.445 e. The first kappa shape index (κ1) is 33.4. The van der Waals surface area contributed by atoms with Crippen LogP contribution in [0.5, 0.6) is 0 Å². The molecule has 0 unspecified atom stereocenters. The van der Waals surface area contributed by atoms with E-state index in [0.717, 1.165) is 36.6 Å². The van der Waals surface area contributed by atoms with Crippen LogP contribution in [0.15, 0.2) is 83.6 Å². The van der Waals surface area contributed by atoms with Crippen molar-refractivity contribution in [1.29, 1.82) is 0 Å². The highest BCUT2D eigenvalue weighted by molar-refractivity contribution is 6.01. The van der Waals surface area contributed by atoms with Crippen molar-refractivity contribution in [3.63, 3.8) is 0 Å². The third kappa shape index (κ3) is 9.77. The smallest absolute Gasteiger partial charge is 0.253 e. The third-order valence-electron chi connectivity index (χ3n) is 7.03. The molecule has 2 amide bonds. The van der Waals surface area contributed by atoms with E-state index in [1.165, 1.54) is 24.6 Å². The highest BCUT2D eigenvalue weighted by Gasteiger charge is 2.25. The molecule has 1 heterocycles. The van der Waals surface area contributed by atoms with E-state index in [9.17, 15) is 23.5 Å². The zero-order valence-corrected chi connectivity index (χ0v) is 25.3. The minimum absolute atomic E-state index is 0.0893. The van der Waals surface area contributed by atoms with Crippen molar-refractivity contribution in [2.45, 2.75) is 51.9 Å². The number of benzene rings is 3. The van der Waals surface area contributed by atoms with Gasteiger partial charge in [0, 0.05) is 42.4 Å². The lowest BCUT2D eigenvalue weighted by Gasteiger charge is -2.25. The Hall–Kier alpha value is -4.45. The van der Waals surface area contributed by atoms with E-state index in [2.05, 4.69) is 15.8 Å². The molecule has 11 heteroatoms. The average molecular weight is 621 g/mol. The fraction of sp³-hybridized carbons (Fsp3) is 0.324. The fourth-order valence-electron chi connectivity index (χ4n) is 4.92. The second-order valence-electron chi connectivity index (χ2n) is 10.7. The maximum absolute atomic E-state index is 14.0. The maximum Gasteiger partial charge on any atom is 0.253 e. The Morgan fingerprint density at radius 2 is 1.64 bits per heavy atom. The van der Waals surface area contributed by atoms with E-state index in [0.29, 0.717) is 18.7 Å². The highest BCUT2D eigenvalue weighted by atomic mass is 19.1. The van der Waals surface area contributed by atoms with Crippen LogP contribution in [0.25, 0.3) is 11.5 Å². The van der Waals surface area contributed by atoms with Gasteiger partial charge in [-0.1, -0.05) is 44.2 Å². The van der Waals surface area contributed by atoms with Crippen LogP contribution >= 0.6 is 0 Å². The molecule has 45 heavy (non-hydrogen) atoms. The molecule has 0 aliphatic rings. The Labute approximate surface area is 261 Å². The van der Waals surface area contributed by atoms with Crippen LogP contribution in [-0.2, 0) is 17.9 Å². The summed E-state index contributed by atoms with van der Waals surface area (Å²) in [5, 5.41) is 13.9. The highest BCUT2D eigenvalue weighted by Crippen LogP contribution is 2.23. The van der Waals surface area contributed by atoms with E-state index < -0.39 is 29.7 Å². The van der Waals surface area contributed by atoms with E-state index >= 15 is 0 Å². The van der Waals surface area contributed by atoms with Crippen LogP contribution in [0.4, 0.5) is 8.78 Å². The first-order chi connectivity index (χ1) is 21.8. The number of oxazole rings is 1. The number of hydroxylamine groups is 1. The number of nitrogens with one attached hydrogen (secondary N) is 2. The number of hydrogen-bond acceptors (Lipinski definition) is 7. The van der Waals surface area contributed by atoms with Crippen LogP contribution < -0.4 is 10.8 Å². The summed E-state index contributed by atoms with van der Waals surface area (Å²) >= 11 is 0. The molecule has 0 radical (unpaired) electrons. The molecule has 3 N–H and O–H groups in total. The second kappa shape index (κ2) is 16.6. The first-order valence-electron chi connectivity index (χ1n) is 14.9. The molecule has 0 aliphatic heterocycles. The third-order valence-corrected chi connectivity index (χ3v) is 7.03. The molecular weight excluding hydrogens is 582 g/mol. The van der Waals surface area contributed by atoms with E-state index in [-0.39, 0.29) is 48.1 Å². The molecule has 2 atom stereocenters. The molecule has 3 aromatic carbocycles. The number of carbonyl (C=O) groups is 2. The number of aliphatic hydroxyl groups is 1. The van der Waals surface area contributed by atoms with E-state index in [1.54, 1.807) is 11.0 Å². The number of carbonyl (C=O) groups excluding carboxylic acids is 2. The molecule has 0 saturated heterocycles. The number of hydrogen-bond donors (Lipinski definition) is 3. The van der Waals surface area contributed by atoms with Crippen molar-refractivity contribution in [1.82, 2.24) is 20.7 Å². The standard InChI is InChI=1S/C34H38F2N4O5/c1-3-11-40(12-4-2)34(43)27-18-25(17-26(19-27)33-37-10-13-44-33)32(42)39-30(16-24-14-28(35)20-29(36)15-24)31(41)21-38-45-22-23-8-6-5-7-9-23/h5-10,13-15,17-20,30-31,38,41H,3-4,11-12,16,21-22H2,1-2H3,(H,39,42)/t30-,31+/m0/s1. The molecule has 0 saturated carbocycles. The molecule has 4 rings (SSSR count). The van der Waals surface area contributed by atoms with Crippen LogP contribution in [0, 0.1) is 11.6 Å². The first-order valence-corrected chi connectivity index (χ1v) is 14.9. The summed E-state index contributed by atoms with van der Waals surface area (Å²) in [5.74, 6) is -2.18. The van der Waals surface area contributed by atoms with Gasteiger partial charge in [0.05, 0.1) is 24.9 Å². The predicted molar refractivity (Wildman–Crippen MR) is 165 cm³/mol. The van der Waals surface area contributed by atoms with Gasteiger partial charge in [0.25, 0.3) is 11.8 Å². The number of halogens is 2. The molecule has 1 aromatic heterocycles. The summed E-state index contributed by atoms with van der Waals surface area (Å²) in [6.45, 7) is 5.20. The van der Waals surface area contributed by atoms with Gasteiger partial charge in [0.1, 0.15) is 17.9 Å². The van der Waals surface area contributed by atoms with Gasteiger partial charge in [-0.05, 0) is 60.7 Å². The summed E-state index contributed by atoms with van der Waals surface area (Å²) in [6.07, 6.45) is 3.07. The Morgan fingerprint density at radius 1 is 0.956 bits per heavy atom. The van der Waals surface area contributed by atoms with E-state index in [4.69, 9.17) is 9.25 Å². The zero-order valence-electron chi connectivity index (χ0n) is 25.3. The molecule has 0 bridgehead atoms. The minimum Gasteiger partial charge on any atom is -0.445 e. The lowest BCUT2D eigenvalue weighted by molar-refractivity contribution is -0.00429. The summed E-state index contributed by atoms with van der Waals surface area (Å²) in [4.78, 5) is 38.6. The van der Waals surface area contributed by atoms with Crippen molar-refractivity contribution >= 4 is 11.8 Å². The van der Waals surface area contributed by atoms with Crippen LogP contribution in [0.1, 0.15) is 58.5 Å². The van der Waals surface area contributed by atoms with Gasteiger partial charge in [-0.3, -0.25) is 14.4 Å². The molecular formula is C34H38F2N4O5. The Morgan fingerprint density at radius 3 is 2.29 bits per heavy atom. The van der Waals surface area contributed by atoms with Gasteiger partial charge in [-0.2, -0.15) is 5.48 Å². The van der Waals surface area contributed by atoms with Gasteiger partial charge >= 0.3 is 0 Å². The number of nitrogens with zero attached hydrogens (tertiary/aromatic N) is 2. The number of aromatic nitrogens is 1. The quantitative estimate of drug-likeness (QED) is 0.115. The summed E-state index contributed by atoms with van der Waals surface area (Å²) in [5.41, 5.74) is 4.67.